The van der Waals surface area contributed by atoms with E-state index in [4.69, 9.17) is 4.74 Å². The molecule has 0 unspecified atom stereocenters. The largest absolute Gasteiger partial charge is 0.445 e. The number of aromatic amines is 1. The number of aromatic nitrogens is 2. The first-order chi connectivity index (χ1) is 12.7. The summed E-state index contributed by atoms with van der Waals surface area (Å²) in [5, 5.41) is 13.9. The lowest BCUT2D eigenvalue weighted by molar-refractivity contribution is 0.139. The van der Waals surface area contributed by atoms with Gasteiger partial charge in [-0.2, -0.15) is 5.10 Å². The summed E-state index contributed by atoms with van der Waals surface area (Å²) in [4.78, 5) is 23.4. The Balaban J connectivity index is 1.40. The highest BCUT2D eigenvalue weighted by Gasteiger charge is 2.06. The number of ether oxygens (including phenoxy) is 1. The third-order valence-electron chi connectivity index (χ3n) is 3.85. The Labute approximate surface area is 150 Å². The Morgan fingerprint density at radius 3 is 2.54 bits per heavy atom. The van der Waals surface area contributed by atoms with Crippen molar-refractivity contribution in [3.63, 3.8) is 0 Å². The number of fused-ring (bicyclic) bond motifs is 1. The molecule has 0 atom stereocenters. The number of amides is 1. The summed E-state index contributed by atoms with van der Waals surface area (Å²) in [5.41, 5.74) is 1.50. The van der Waals surface area contributed by atoms with Crippen LogP contribution in [0.1, 0.15) is 11.3 Å². The monoisotopic (exact) mass is 352 g/mol. The van der Waals surface area contributed by atoms with Crippen LogP contribution in [0, 0.1) is 0 Å². The fourth-order valence-electron chi connectivity index (χ4n) is 2.54. The highest BCUT2D eigenvalue weighted by Crippen LogP contribution is 2.11. The lowest BCUT2D eigenvalue weighted by atomic mass is 10.1. The van der Waals surface area contributed by atoms with Crippen molar-refractivity contribution in [3.8, 4) is 0 Å². The molecule has 7 heteroatoms. The molecule has 0 bridgehead atoms. The molecule has 3 N–H and O–H groups in total. The van der Waals surface area contributed by atoms with E-state index in [0.29, 0.717) is 25.0 Å². The van der Waals surface area contributed by atoms with Crippen LogP contribution in [0.15, 0.2) is 59.4 Å². The SMILES string of the molecule is O=C(NCCNCc1n[nH]c(=O)c2ccccc12)OCc1ccccc1. The maximum absolute atomic E-state index is 11.7. The molecule has 1 amide bonds. The number of rotatable bonds is 7. The molecule has 0 fully saturated rings. The number of hydrogen-bond donors (Lipinski definition) is 3. The van der Waals surface area contributed by atoms with Gasteiger partial charge in [0.1, 0.15) is 6.61 Å². The molecule has 3 aromatic rings. The third-order valence-corrected chi connectivity index (χ3v) is 3.85. The van der Waals surface area contributed by atoms with Crippen LogP contribution in [0.2, 0.25) is 0 Å². The average Bonchev–Trinajstić information content (AvgIpc) is 2.69. The topological polar surface area (TPSA) is 96.1 Å². The molecule has 0 saturated carbocycles. The van der Waals surface area contributed by atoms with E-state index in [9.17, 15) is 9.59 Å². The second-order valence-corrected chi connectivity index (χ2v) is 5.71. The molecule has 3 rings (SSSR count). The Morgan fingerprint density at radius 1 is 1.00 bits per heavy atom. The zero-order chi connectivity index (χ0) is 18.2. The Kier molecular flexibility index (Phi) is 5.95. The van der Waals surface area contributed by atoms with Gasteiger partial charge in [-0.05, 0) is 11.6 Å². The fraction of sp³-hybridized carbons (Fsp3) is 0.211. The first-order valence-corrected chi connectivity index (χ1v) is 8.35. The summed E-state index contributed by atoms with van der Waals surface area (Å²) in [6.45, 7) is 1.70. The highest BCUT2D eigenvalue weighted by atomic mass is 16.5. The lowest BCUT2D eigenvalue weighted by Gasteiger charge is -2.09. The van der Waals surface area contributed by atoms with Gasteiger partial charge in [-0.15, -0.1) is 0 Å². The lowest BCUT2D eigenvalue weighted by Crippen LogP contribution is -2.32. The smallest absolute Gasteiger partial charge is 0.407 e. The number of H-pyrrole nitrogens is 1. The van der Waals surface area contributed by atoms with Gasteiger partial charge in [-0.3, -0.25) is 4.79 Å². The molecule has 0 spiro atoms. The number of benzene rings is 2. The van der Waals surface area contributed by atoms with Crippen LogP contribution in [-0.2, 0) is 17.9 Å². The first-order valence-electron chi connectivity index (χ1n) is 8.35. The van der Waals surface area contributed by atoms with Gasteiger partial charge in [-0.1, -0.05) is 48.5 Å². The van der Waals surface area contributed by atoms with E-state index in [-0.39, 0.29) is 12.2 Å². The molecule has 0 aliphatic heterocycles. The van der Waals surface area contributed by atoms with Gasteiger partial charge in [-0.25, -0.2) is 9.89 Å². The van der Waals surface area contributed by atoms with Crippen LogP contribution in [0.5, 0.6) is 0 Å². The standard InChI is InChI=1S/C19H20N4O3/c24-18-16-9-5-4-8-15(16)17(22-23-18)12-20-10-11-21-19(25)26-13-14-6-2-1-3-7-14/h1-9,20H,10-13H2,(H,21,25)(H,23,24). The molecule has 2 aromatic carbocycles. The van der Waals surface area contributed by atoms with Gasteiger partial charge in [0.15, 0.2) is 0 Å². The summed E-state index contributed by atoms with van der Waals surface area (Å²) in [5.74, 6) is 0. The molecule has 0 aliphatic carbocycles. The minimum absolute atomic E-state index is 0.202. The number of nitrogens with one attached hydrogen (secondary N) is 3. The molecule has 134 valence electrons. The van der Waals surface area contributed by atoms with Crippen LogP contribution >= 0.6 is 0 Å². The zero-order valence-electron chi connectivity index (χ0n) is 14.2. The van der Waals surface area contributed by atoms with E-state index in [0.717, 1.165) is 16.6 Å². The normalized spacial score (nSPS) is 10.6. The highest BCUT2D eigenvalue weighted by molar-refractivity contribution is 5.83. The number of carbonyl (C=O) groups excluding carboxylic acids is 1. The Morgan fingerprint density at radius 2 is 1.73 bits per heavy atom. The van der Waals surface area contributed by atoms with Crippen molar-refractivity contribution in [2.75, 3.05) is 13.1 Å². The molecular weight excluding hydrogens is 332 g/mol. The molecule has 26 heavy (non-hydrogen) atoms. The number of hydrogen-bond acceptors (Lipinski definition) is 5. The van der Waals surface area contributed by atoms with Crippen LogP contribution in [-0.4, -0.2) is 29.4 Å². The number of nitrogens with zero attached hydrogens (tertiary/aromatic N) is 1. The molecular formula is C19H20N4O3. The van der Waals surface area contributed by atoms with Crippen molar-refractivity contribution in [1.82, 2.24) is 20.8 Å². The summed E-state index contributed by atoms with van der Waals surface area (Å²) < 4.78 is 5.13. The van der Waals surface area contributed by atoms with E-state index in [1.54, 1.807) is 6.07 Å². The Bertz CT molecular complexity index is 925. The van der Waals surface area contributed by atoms with E-state index in [2.05, 4.69) is 20.8 Å². The van der Waals surface area contributed by atoms with E-state index < -0.39 is 6.09 Å². The molecule has 0 aliphatic rings. The minimum atomic E-state index is -0.455. The van der Waals surface area contributed by atoms with Crippen molar-refractivity contribution in [2.45, 2.75) is 13.2 Å². The molecule has 0 saturated heterocycles. The predicted octanol–water partition coefficient (Wildman–Crippen LogP) is 1.94. The maximum atomic E-state index is 11.7. The summed E-state index contributed by atoms with van der Waals surface area (Å²) in [6, 6.07) is 16.8. The van der Waals surface area contributed by atoms with Crippen molar-refractivity contribution in [1.29, 1.82) is 0 Å². The van der Waals surface area contributed by atoms with Crippen molar-refractivity contribution < 1.29 is 9.53 Å². The molecule has 0 radical (unpaired) electrons. The second kappa shape index (κ2) is 8.77. The average molecular weight is 352 g/mol. The molecule has 1 heterocycles. The quantitative estimate of drug-likeness (QED) is 0.565. The van der Waals surface area contributed by atoms with Crippen LogP contribution in [0.25, 0.3) is 10.8 Å². The van der Waals surface area contributed by atoms with E-state index >= 15 is 0 Å². The fourth-order valence-corrected chi connectivity index (χ4v) is 2.54. The maximum Gasteiger partial charge on any atom is 0.407 e. The van der Waals surface area contributed by atoms with Gasteiger partial charge in [0.2, 0.25) is 0 Å². The second-order valence-electron chi connectivity index (χ2n) is 5.71. The summed E-state index contributed by atoms with van der Waals surface area (Å²) >= 11 is 0. The van der Waals surface area contributed by atoms with Gasteiger partial charge in [0, 0.05) is 25.0 Å². The zero-order valence-corrected chi connectivity index (χ0v) is 14.2. The molecule has 7 nitrogen and oxygen atoms in total. The van der Waals surface area contributed by atoms with Gasteiger partial charge >= 0.3 is 6.09 Å². The van der Waals surface area contributed by atoms with Gasteiger partial charge < -0.3 is 15.4 Å². The van der Waals surface area contributed by atoms with Gasteiger partial charge in [0.05, 0.1) is 11.1 Å². The van der Waals surface area contributed by atoms with Crippen LogP contribution in [0.3, 0.4) is 0 Å². The van der Waals surface area contributed by atoms with Crippen molar-refractivity contribution in [2.24, 2.45) is 0 Å². The van der Waals surface area contributed by atoms with E-state index in [1.165, 1.54) is 0 Å². The van der Waals surface area contributed by atoms with Crippen molar-refractivity contribution in [3.05, 3.63) is 76.2 Å². The minimum Gasteiger partial charge on any atom is -0.445 e. The predicted molar refractivity (Wildman–Crippen MR) is 98.7 cm³/mol. The van der Waals surface area contributed by atoms with Crippen LogP contribution in [0.4, 0.5) is 4.79 Å². The number of alkyl carbamates (subject to hydrolysis) is 1. The summed E-state index contributed by atoms with van der Waals surface area (Å²) in [6.07, 6.45) is -0.455. The molecule has 1 aromatic heterocycles. The van der Waals surface area contributed by atoms with Crippen LogP contribution < -0.4 is 16.2 Å². The third kappa shape index (κ3) is 4.67. The summed E-state index contributed by atoms with van der Waals surface area (Å²) in [7, 11) is 0. The first kappa shape index (κ1) is 17.6. The van der Waals surface area contributed by atoms with E-state index in [1.807, 2.05) is 48.5 Å². The number of carbonyl (C=O) groups is 1. The van der Waals surface area contributed by atoms with Crippen molar-refractivity contribution >= 4 is 16.9 Å². The van der Waals surface area contributed by atoms with Gasteiger partial charge in [0.25, 0.3) is 5.56 Å². The Hall–Kier alpha value is -3.19.